The Hall–Kier alpha value is -1.54. The van der Waals surface area contributed by atoms with E-state index in [2.05, 4.69) is 5.16 Å². The maximum absolute atomic E-state index is 14.3. The van der Waals surface area contributed by atoms with Gasteiger partial charge in [0.1, 0.15) is 23.9 Å². The van der Waals surface area contributed by atoms with E-state index in [0.717, 1.165) is 0 Å². The van der Waals surface area contributed by atoms with E-state index in [4.69, 9.17) is 38.0 Å². The second kappa shape index (κ2) is 19.5. The molecule has 322 valence electrons. The normalized spacial score (nSPS) is 47.7. The highest BCUT2D eigenvalue weighted by Gasteiger charge is 2.53. The van der Waals surface area contributed by atoms with Crippen molar-refractivity contribution in [2.24, 2.45) is 28.8 Å². The molecule has 3 aliphatic rings. The second-order valence-electron chi connectivity index (χ2n) is 17.1. The molecule has 16 heteroatoms. The van der Waals surface area contributed by atoms with Crippen molar-refractivity contribution in [2.45, 2.75) is 179 Å². The van der Waals surface area contributed by atoms with Crippen LogP contribution in [0.3, 0.4) is 0 Å². The highest BCUT2D eigenvalue weighted by molar-refractivity contribution is 5.88. The van der Waals surface area contributed by atoms with Crippen molar-refractivity contribution in [1.82, 2.24) is 4.90 Å². The minimum absolute atomic E-state index is 0.0144. The lowest BCUT2D eigenvalue weighted by Crippen LogP contribution is -2.61. The third kappa shape index (κ3) is 10.9. The number of hydrogen-bond donors (Lipinski definition) is 5. The quantitative estimate of drug-likeness (QED) is 0.0931. The van der Waals surface area contributed by atoms with Crippen LogP contribution in [0, 0.1) is 23.7 Å². The largest absolute Gasteiger partial charge is 0.459 e. The highest BCUT2D eigenvalue weighted by atomic mass is 16.7. The molecule has 3 fully saturated rings. The number of hydrogen-bond acceptors (Lipinski definition) is 16. The maximum atomic E-state index is 14.3. The summed E-state index contributed by atoms with van der Waals surface area (Å²) >= 11 is 0. The van der Waals surface area contributed by atoms with Crippen LogP contribution in [-0.4, -0.2) is 161 Å². The summed E-state index contributed by atoms with van der Waals surface area (Å²) in [6.45, 7) is 16.8. The number of aliphatic hydroxyl groups excluding tert-OH is 3. The average molecular weight is 793 g/mol. The third-order valence-corrected chi connectivity index (χ3v) is 12.2. The molecule has 0 radical (unpaired) electrons. The van der Waals surface area contributed by atoms with Gasteiger partial charge < -0.3 is 68.4 Å². The summed E-state index contributed by atoms with van der Waals surface area (Å²) in [5.74, 6) is -4.06. The van der Waals surface area contributed by atoms with E-state index in [0.29, 0.717) is 12.1 Å². The number of rotatable bonds is 10. The number of nitrogens with zero attached hydrogens (tertiary/aromatic N) is 2. The van der Waals surface area contributed by atoms with Crippen molar-refractivity contribution in [3.63, 3.8) is 0 Å². The lowest BCUT2D eigenvalue weighted by molar-refractivity contribution is -0.317. The van der Waals surface area contributed by atoms with E-state index in [1.54, 1.807) is 48.5 Å². The molecule has 16 nitrogen and oxygen atoms in total. The van der Waals surface area contributed by atoms with Gasteiger partial charge in [0.2, 0.25) is 6.79 Å². The van der Waals surface area contributed by atoms with Gasteiger partial charge in [-0.15, -0.1) is 0 Å². The van der Waals surface area contributed by atoms with E-state index >= 15 is 0 Å². The predicted octanol–water partition coefficient (Wildman–Crippen LogP) is 2.19. The number of oxime groups is 1. The Morgan fingerprint density at radius 1 is 0.909 bits per heavy atom. The Morgan fingerprint density at radius 3 is 2.11 bits per heavy atom. The van der Waals surface area contributed by atoms with Gasteiger partial charge in [-0.3, -0.25) is 4.79 Å². The number of aliphatic hydroxyl groups is 5. The van der Waals surface area contributed by atoms with Crippen molar-refractivity contribution in [1.29, 1.82) is 0 Å². The smallest absolute Gasteiger partial charge is 0.311 e. The van der Waals surface area contributed by atoms with Crippen molar-refractivity contribution in [3.8, 4) is 0 Å². The van der Waals surface area contributed by atoms with Crippen LogP contribution in [-0.2, 0) is 42.8 Å². The summed E-state index contributed by atoms with van der Waals surface area (Å²) in [5, 5.41) is 63.1. The van der Waals surface area contributed by atoms with Crippen LogP contribution < -0.4 is 0 Å². The Bertz CT molecular complexity index is 1250. The van der Waals surface area contributed by atoms with Crippen LogP contribution in [0.1, 0.15) is 94.9 Å². The molecule has 0 aromatic heterocycles. The number of ether oxygens (including phenoxy) is 7. The van der Waals surface area contributed by atoms with Crippen LogP contribution in [0.5, 0.6) is 0 Å². The Balaban J connectivity index is 2.24. The summed E-state index contributed by atoms with van der Waals surface area (Å²) in [7, 11) is 6.66. The average Bonchev–Trinajstić information content (AvgIpc) is 3.11. The summed E-state index contributed by atoms with van der Waals surface area (Å²) in [6, 6.07) is -0.319. The first-order chi connectivity index (χ1) is 25.5. The summed E-state index contributed by atoms with van der Waals surface area (Å²) < 4.78 is 42.6. The molecule has 0 spiro atoms. The standard InChI is InChI=1S/C39H72N2O14/c1-15-27-39(10,47)32(43)22(4)29(40-50-19-48-13)20(2)17-37(8,46)34(55-36-30(42)26(41(11)12)16-21(3)51-36)23(5)31(24(6)35(45)53-27)54-28-18-38(9,49-14)33(44)25(7)52-28/h20-28,30-34,36,42-44,46-47H,15-19H2,1-14H3/b40-29+/t20-,21?,22+,23+,24-,25?,26-,27-,28+,30?,31+,32-,33+,34-,36+,37-,38+,39-/m1/s1. The van der Waals surface area contributed by atoms with Crippen molar-refractivity contribution >= 4 is 11.7 Å². The molecule has 3 aliphatic heterocycles. The van der Waals surface area contributed by atoms with Crippen molar-refractivity contribution in [2.75, 3.05) is 35.1 Å². The molecule has 3 rings (SSSR count). The molecule has 18 atom stereocenters. The molecule has 5 N–H and O–H groups in total. The maximum Gasteiger partial charge on any atom is 0.311 e. The fourth-order valence-corrected chi connectivity index (χ4v) is 8.75. The number of esters is 1. The zero-order valence-corrected chi connectivity index (χ0v) is 35.5. The fraction of sp³-hybridized carbons (Fsp3) is 0.949. The van der Waals surface area contributed by atoms with Crippen LogP contribution >= 0.6 is 0 Å². The molecule has 0 aromatic carbocycles. The van der Waals surface area contributed by atoms with Crippen molar-refractivity contribution < 1.29 is 68.3 Å². The number of carbonyl (C=O) groups is 1. The molecular formula is C39H72N2O14. The SMILES string of the molecule is CC[C@H]1OC(=O)[C@H](C)[C@@H](O[C@H]2C[C@](C)(OC)[C@@H](O)C(C)O2)[C@H](C)[C@@H](O[C@@H]2OC(C)C[C@@H](N(C)C)C2O)[C@](C)(O)C[C@@H](C)/C(=N\OCOC)[C@H](C)[C@@H](O)[C@]1(C)O. The van der Waals surface area contributed by atoms with E-state index in [1.807, 2.05) is 32.8 Å². The highest BCUT2D eigenvalue weighted by Crippen LogP contribution is 2.41. The minimum Gasteiger partial charge on any atom is -0.459 e. The van der Waals surface area contributed by atoms with Gasteiger partial charge in [-0.2, -0.15) is 0 Å². The molecule has 3 unspecified atom stereocenters. The van der Waals surface area contributed by atoms with Gasteiger partial charge in [0, 0.05) is 44.4 Å². The molecule has 3 heterocycles. The van der Waals surface area contributed by atoms with Gasteiger partial charge in [0.05, 0.1) is 53.4 Å². The van der Waals surface area contributed by atoms with Gasteiger partial charge in [0.25, 0.3) is 0 Å². The lowest BCUT2D eigenvalue weighted by Gasteiger charge is -2.49. The first kappa shape index (κ1) is 47.8. The first-order valence-electron chi connectivity index (χ1n) is 19.7. The molecule has 0 bridgehead atoms. The number of methoxy groups -OCH3 is 2. The molecule has 0 amide bonds. The summed E-state index contributed by atoms with van der Waals surface area (Å²) in [5.41, 5.74) is -4.43. The first-order valence-corrected chi connectivity index (χ1v) is 19.7. The summed E-state index contributed by atoms with van der Waals surface area (Å²) in [4.78, 5) is 21.6. The number of likely N-dealkylation sites (N-methyl/N-ethyl adjacent to an activating group) is 1. The molecule has 55 heavy (non-hydrogen) atoms. The van der Waals surface area contributed by atoms with E-state index < -0.39 is 102 Å². The zero-order chi connectivity index (χ0) is 41.8. The van der Waals surface area contributed by atoms with Crippen molar-refractivity contribution in [3.05, 3.63) is 0 Å². The zero-order valence-electron chi connectivity index (χ0n) is 35.5. The van der Waals surface area contributed by atoms with Crippen LogP contribution in [0.4, 0.5) is 0 Å². The van der Waals surface area contributed by atoms with Gasteiger partial charge in [-0.05, 0) is 74.9 Å². The third-order valence-electron chi connectivity index (χ3n) is 12.2. The van der Waals surface area contributed by atoms with E-state index in [9.17, 15) is 30.3 Å². The molecule has 0 aliphatic carbocycles. The topological polar surface area (TPSA) is 208 Å². The van der Waals surface area contributed by atoms with Crippen LogP contribution in [0.25, 0.3) is 0 Å². The van der Waals surface area contributed by atoms with Gasteiger partial charge in [-0.25, -0.2) is 0 Å². The molecular weight excluding hydrogens is 720 g/mol. The Labute approximate surface area is 327 Å². The molecule has 0 saturated carbocycles. The van der Waals surface area contributed by atoms with E-state index in [-0.39, 0.29) is 38.2 Å². The molecule has 3 saturated heterocycles. The monoisotopic (exact) mass is 792 g/mol. The number of carbonyl (C=O) groups excluding carboxylic acids is 1. The van der Waals surface area contributed by atoms with E-state index in [1.165, 1.54) is 21.1 Å². The van der Waals surface area contributed by atoms with Crippen LogP contribution in [0.15, 0.2) is 5.16 Å². The predicted molar refractivity (Wildman–Crippen MR) is 202 cm³/mol. The second-order valence-corrected chi connectivity index (χ2v) is 17.1. The van der Waals surface area contributed by atoms with Gasteiger partial charge in [0.15, 0.2) is 12.6 Å². The van der Waals surface area contributed by atoms with Gasteiger partial charge >= 0.3 is 5.97 Å². The molecule has 0 aromatic rings. The van der Waals surface area contributed by atoms with Gasteiger partial charge in [-0.1, -0.05) is 32.9 Å². The Morgan fingerprint density at radius 2 is 1.55 bits per heavy atom. The Kier molecular flexibility index (Phi) is 16.9. The number of cyclic esters (lactones) is 1. The summed E-state index contributed by atoms with van der Waals surface area (Å²) in [6.07, 6.45) is -9.34. The van der Waals surface area contributed by atoms with Crippen LogP contribution in [0.2, 0.25) is 0 Å². The fourth-order valence-electron chi connectivity index (χ4n) is 8.75. The minimum atomic E-state index is -1.95. The lowest BCUT2D eigenvalue weighted by atomic mass is 9.73.